The number of piperidine rings is 1. The van der Waals surface area contributed by atoms with E-state index >= 15 is 0 Å². The van der Waals surface area contributed by atoms with Crippen LogP contribution in [0, 0.1) is 5.92 Å². The minimum absolute atomic E-state index is 0.720. The van der Waals surface area contributed by atoms with Crippen molar-refractivity contribution in [2.45, 2.75) is 45.6 Å². The molecule has 0 spiro atoms. The van der Waals surface area contributed by atoms with Gasteiger partial charge in [-0.15, -0.1) is 11.3 Å². The van der Waals surface area contributed by atoms with Crippen molar-refractivity contribution >= 4 is 17.3 Å². The Labute approximate surface area is 145 Å². The van der Waals surface area contributed by atoms with Gasteiger partial charge < -0.3 is 10.6 Å². The summed E-state index contributed by atoms with van der Waals surface area (Å²) in [7, 11) is 1.86. The van der Waals surface area contributed by atoms with Crippen LogP contribution in [0.2, 0.25) is 0 Å². The lowest BCUT2D eigenvalue weighted by Gasteiger charge is -2.32. The molecular formula is C18H32N4S. The number of nitrogens with zero attached hydrogens (tertiary/aromatic N) is 2. The standard InChI is InChI=1S/C18H32N4S/c1-3-4-5-10-20-18(19-2)21-13-16-8-6-11-22(14-16)15-17-9-7-12-23-17/h7,9,12,16H,3-6,8,10-11,13-15H2,1-2H3,(H2,19,20,21). The molecule has 1 aliphatic rings. The summed E-state index contributed by atoms with van der Waals surface area (Å²) in [5, 5.41) is 9.10. The Balaban J connectivity index is 1.67. The molecule has 2 N–H and O–H groups in total. The van der Waals surface area contributed by atoms with Crippen molar-refractivity contribution in [3.8, 4) is 0 Å². The molecule has 2 heterocycles. The number of unbranched alkanes of at least 4 members (excludes halogenated alkanes) is 2. The summed E-state index contributed by atoms with van der Waals surface area (Å²) in [6, 6.07) is 4.39. The predicted molar refractivity (Wildman–Crippen MR) is 101 cm³/mol. The van der Waals surface area contributed by atoms with Gasteiger partial charge in [-0.2, -0.15) is 0 Å². The van der Waals surface area contributed by atoms with Gasteiger partial charge in [0.2, 0.25) is 0 Å². The molecule has 130 valence electrons. The Morgan fingerprint density at radius 2 is 2.30 bits per heavy atom. The van der Waals surface area contributed by atoms with E-state index in [1.54, 1.807) is 0 Å². The molecule has 4 nitrogen and oxygen atoms in total. The Morgan fingerprint density at radius 1 is 1.39 bits per heavy atom. The molecule has 1 aliphatic heterocycles. The second kappa shape index (κ2) is 10.7. The molecular weight excluding hydrogens is 304 g/mol. The van der Waals surface area contributed by atoms with Crippen molar-refractivity contribution in [3.05, 3.63) is 22.4 Å². The highest BCUT2D eigenvalue weighted by molar-refractivity contribution is 7.09. The highest BCUT2D eigenvalue weighted by atomic mass is 32.1. The van der Waals surface area contributed by atoms with Crippen LogP contribution in [-0.2, 0) is 6.54 Å². The molecule has 0 saturated carbocycles. The van der Waals surface area contributed by atoms with E-state index in [4.69, 9.17) is 0 Å². The van der Waals surface area contributed by atoms with Crippen LogP contribution >= 0.6 is 11.3 Å². The number of hydrogen-bond donors (Lipinski definition) is 2. The van der Waals surface area contributed by atoms with Gasteiger partial charge in [0.05, 0.1) is 0 Å². The average Bonchev–Trinajstić information content (AvgIpc) is 3.07. The summed E-state index contributed by atoms with van der Waals surface area (Å²) in [6.07, 6.45) is 6.39. The molecule has 1 aromatic heterocycles. The van der Waals surface area contributed by atoms with Crippen LogP contribution < -0.4 is 10.6 Å². The number of thiophene rings is 1. The summed E-state index contributed by atoms with van der Waals surface area (Å²) in [6.45, 7) is 7.81. The fourth-order valence-electron chi connectivity index (χ4n) is 3.13. The predicted octanol–water partition coefficient (Wildman–Crippen LogP) is 3.32. The lowest BCUT2D eigenvalue weighted by atomic mass is 9.98. The fraction of sp³-hybridized carbons (Fsp3) is 0.722. The normalized spacial score (nSPS) is 19.7. The lowest BCUT2D eigenvalue weighted by Crippen LogP contribution is -2.44. The van der Waals surface area contributed by atoms with Gasteiger partial charge in [-0.05, 0) is 43.2 Å². The maximum Gasteiger partial charge on any atom is 0.190 e. The third kappa shape index (κ3) is 6.92. The zero-order valence-electron chi connectivity index (χ0n) is 14.7. The molecule has 0 aliphatic carbocycles. The van der Waals surface area contributed by atoms with Crippen LogP contribution in [0.5, 0.6) is 0 Å². The maximum atomic E-state index is 4.33. The van der Waals surface area contributed by atoms with E-state index in [2.05, 4.69) is 45.0 Å². The largest absolute Gasteiger partial charge is 0.356 e. The minimum Gasteiger partial charge on any atom is -0.356 e. The summed E-state index contributed by atoms with van der Waals surface area (Å²) in [5.74, 6) is 1.68. The van der Waals surface area contributed by atoms with Crippen LogP contribution in [0.1, 0.15) is 43.9 Å². The first kappa shape index (κ1) is 18.3. The number of aliphatic imine (C=N–C) groups is 1. The van der Waals surface area contributed by atoms with Gasteiger partial charge in [0.1, 0.15) is 0 Å². The first-order valence-electron chi connectivity index (χ1n) is 9.01. The third-order valence-electron chi connectivity index (χ3n) is 4.42. The SMILES string of the molecule is CCCCCNC(=NC)NCC1CCCN(Cc2cccs2)C1. The zero-order valence-corrected chi connectivity index (χ0v) is 15.5. The smallest absolute Gasteiger partial charge is 0.190 e. The van der Waals surface area contributed by atoms with Crippen LogP contribution in [0.15, 0.2) is 22.5 Å². The second-order valence-corrected chi connectivity index (χ2v) is 7.44. The van der Waals surface area contributed by atoms with E-state index < -0.39 is 0 Å². The number of rotatable bonds is 8. The number of guanidine groups is 1. The molecule has 0 radical (unpaired) electrons. The van der Waals surface area contributed by atoms with Crippen LogP contribution in [0.4, 0.5) is 0 Å². The molecule has 0 bridgehead atoms. The van der Waals surface area contributed by atoms with Crippen LogP contribution in [0.3, 0.4) is 0 Å². The van der Waals surface area contributed by atoms with Crippen LogP contribution in [0.25, 0.3) is 0 Å². The highest BCUT2D eigenvalue weighted by Gasteiger charge is 2.20. The van der Waals surface area contributed by atoms with Crippen molar-refractivity contribution in [2.24, 2.45) is 10.9 Å². The number of nitrogens with one attached hydrogen (secondary N) is 2. The van der Waals surface area contributed by atoms with Gasteiger partial charge in [0.15, 0.2) is 5.96 Å². The summed E-state index contributed by atoms with van der Waals surface area (Å²) >= 11 is 1.87. The van der Waals surface area contributed by atoms with Gasteiger partial charge in [0, 0.05) is 38.1 Å². The number of likely N-dealkylation sites (tertiary alicyclic amines) is 1. The Kier molecular flexibility index (Phi) is 8.47. The van der Waals surface area contributed by atoms with E-state index in [0.717, 1.165) is 31.5 Å². The first-order chi connectivity index (χ1) is 11.3. The molecule has 1 fully saturated rings. The Hall–Kier alpha value is -1.07. The van der Waals surface area contributed by atoms with Crippen LogP contribution in [-0.4, -0.2) is 44.1 Å². The summed E-state index contributed by atoms with van der Waals surface area (Å²) in [4.78, 5) is 8.41. The molecule has 2 rings (SSSR count). The molecule has 0 amide bonds. The van der Waals surface area contributed by atoms with E-state index in [1.165, 1.54) is 50.1 Å². The average molecular weight is 337 g/mol. The van der Waals surface area contributed by atoms with Gasteiger partial charge in [-0.25, -0.2) is 0 Å². The monoisotopic (exact) mass is 336 g/mol. The highest BCUT2D eigenvalue weighted by Crippen LogP contribution is 2.19. The van der Waals surface area contributed by atoms with Gasteiger partial charge in [-0.3, -0.25) is 9.89 Å². The third-order valence-corrected chi connectivity index (χ3v) is 5.28. The molecule has 1 aromatic rings. The van der Waals surface area contributed by atoms with E-state index in [9.17, 15) is 0 Å². The molecule has 23 heavy (non-hydrogen) atoms. The van der Waals surface area contributed by atoms with Crippen molar-refractivity contribution < 1.29 is 0 Å². The van der Waals surface area contributed by atoms with Crippen molar-refractivity contribution in [3.63, 3.8) is 0 Å². The van der Waals surface area contributed by atoms with Gasteiger partial charge >= 0.3 is 0 Å². The molecule has 1 saturated heterocycles. The van der Waals surface area contributed by atoms with Crippen molar-refractivity contribution in [2.75, 3.05) is 33.2 Å². The Morgan fingerprint density at radius 3 is 3.04 bits per heavy atom. The fourth-order valence-corrected chi connectivity index (χ4v) is 3.87. The molecule has 0 aromatic carbocycles. The lowest BCUT2D eigenvalue weighted by molar-refractivity contribution is 0.169. The van der Waals surface area contributed by atoms with E-state index in [-0.39, 0.29) is 0 Å². The topological polar surface area (TPSA) is 39.7 Å². The van der Waals surface area contributed by atoms with E-state index in [0.29, 0.717) is 0 Å². The van der Waals surface area contributed by atoms with Crippen molar-refractivity contribution in [1.82, 2.24) is 15.5 Å². The molecule has 1 atom stereocenters. The molecule has 5 heteroatoms. The quantitative estimate of drug-likeness (QED) is 0.435. The minimum atomic E-state index is 0.720. The van der Waals surface area contributed by atoms with E-state index in [1.807, 2.05) is 18.4 Å². The molecule has 1 unspecified atom stereocenters. The Bertz CT molecular complexity index is 444. The zero-order chi connectivity index (χ0) is 16.3. The first-order valence-corrected chi connectivity index (χ1v) is 9.89. The second-order valence-electron chi connectivity index (χ2n) is 6.41. The van der Waals surface area contributed by atoms with Gasteiger partial charge in [-0.1, -0.05) is 25.8 Å². The summed E-state index contributed by atoms with van der Waals surface area (Å²) in [5.41, 5.74) is 0. The van der Waals surface area contributed by atoms with Crippen molar-refractivity contribution in [1.29, 1.82) is 0 Å². The maximum absolute atomic E-state index is 4.33. The number of hydrogen-bond acceptors (Lipinski definition) is 3. The summed E-state index contributed by atoms with van der Waals surface area (Å²) < 4.78 is 0. The van der Waals surface area contributed by atoms with Gasteiger partial charge in [0.25, 0.3) is 0 Å².